The highest BCUT2D eigenvalue weighted by atomic mass is 31.2. The number of carbonyl (C=O) groups excluding carboxylic acids is 2. The van der Waals surface area contributed by atoms with E-state index in [0.717, 1.165) is 0 Å². The summed E-state index contributed by atoms with van der Waals surface area (Å²) >= 11 is 0. The molecule has 42 heavy (non-hydrogen) atoms. The zero-order valence-corrected chi connectivity index (χ0v) is 25.9. The maximum Gasteiger partial charge on any atom is 0.459 e. The summed E-state index contributed by atoms with van der Waals surface area (Å²) < 4.78 is 47.0. The lowest BCUT2D eigenvalue weighted by Crippen LogP contribution is -2.34. The fourth-order valence-electron chi connectivity index (χ4n) is 4.14. The fourth-order valence-corrected chi connectivity index (χ4v) is 5.44. The maximum absolute atomic E-state index is 13.6. The van der Waals surface area contributed by atoms with Crippen molar-refractivity contribution in [3.63, 3.8) is 0 Å². The van der Waals surface area contributed by atoms with E-state index in [1.165, 1.54) is 16.8 Å². The number of hydrogen-bond donors (Lipinski definition) is 2. The van der Waals surface area contributed by atoms with Crippen molar-refractivity contribution >= 4 is 25.4 Å². The third kappa shape index (κ3) is 10.9. The number of esters is 1. The maximum atomic E-state index is 13.6. The molecule has 15 heteroatoms. The first kappa shape index (κ1) is 35.0. The quantitative estimate of drug-likeness (QED) is 0.253. The molecule has 1 saturated heterocycles. The predicted molar refractivity (Wildman–Crippen MR) is 155 cm³/mol. The number of benzene rings is 1. The van der Waals surface area contributed by atoms with E-state index in [0.29, 0.717) is 13.6 Å². The van der Waals surface area contributed by atoms with E-state index in [1.807, 2.05) is 13.8 Å². The molecule has 234 valence electrons. The summed E-state index contributed by atoms with van der Waals surface area (Å²) in [4.78, 5) is 42.6. The van der Waals surface area contributed by atoms with Gasteiger partial charge in [0.1, 0.15) is 24.3 Å². The summed E-state index contributed by atoms with van der Waals surface area (Å²) in [7, 11) is -0.00363. The first-order valence-corrected chi connectivity index (χ1v) is 14.8. The Hall–Kier alpha value is -3.16. The van der Waals surface area contributed by atoms with Crippen LogP contribution in [0.5, 0.6) is 5.75 Å². The van der Waals surface area contributed by atoms with Crippen LogP contribution in [0, 0.1) is 5.41 Å². The molecule has 1 aromatic heterocycles. The van der Waals surface area contributed by atoms with E-state index in [1.54, 1.807) is 63.2 Å². The molecule has 1 fully saturated rings. The van der Waals surface area contributed by atoms with Gasteiger partial charge < -0.3 is 24.2 Å². The highest BCUT2D eigenvalue weighted by Gasteiger charge is 2.44. The minimum Gasteiger partial charge on any atom is -0.462 e. The van der Waals surface area contributed by atoms with Gasteiger partial charge in [0.15, 0.2) is 0 Å². The van der Waals surface area contributed by atoms with E-state index in [9.17, 15) is 23.3 Å². The van der Waals surface area contributed by atoms with E-state index in [4.69, 9.17) is 18.5 Å². The number of ether oxygens (including phenoxy) is 2. The van der Waals surface area contributed by atoms with Crippen molar-refractivity contribution < 1.29 is 37.1 Å². The van der Waals surface area contributed by atoms with Crippen molar-refractivity contribution in [1.82, 2.24) is 19.5 Å². The smallest absolute Gasteiger partial charge is 0.459 e. The predicted octanol–water partition coefficient (Wildman–Crippen LogP) is 3.39. The number of nitrogens with zero attached hydrogens (tertiary/aromatic N) is 3. The Morgan fingerprint density at radius 2 is 1.88 bits per heavy atom. The van der Waals surface area contributed by atoms with Gasteiger partial charge in [-0.15, -0.1) is 0 Å². The number of aromatic nitrogens is 2. The highest BCUT2D eigenvalue weighted by molar-refractivity contribution is 7.52. The Bertz CT molecular complexity index is 1270. The van der Waals surface area contributed by atoms with Crippen LogP contribution in [0.15, 0.2) is 47.4 Å². The van der Waals surface area contributed by atoms with Gasteiger partial charge in [-0.25, -0.2) is 14.4 Å². The SMILES string of the molecule is CC(C)OC(=O)CN[P@](=O)(OCC1CC(C)(C)C(n2ccc(NC(=O)CN(C)C)nc2=O)O1)Oc1ccccc1.CF. The molecule has 0 spiro atoms. The van der Waals surface area contributed by atoms with Crippen molar-refractivity contribution in [2.75, 3.05) is 46.3 Å². The minimum absolute atomic E-state index is 0.142. The molecule has 1 aliphatic heterocycles. The number of halogens is 1. The molecule has 1 aliphatic rings. The number of para-hydroxylation sites is 1. The summed E-state index contributed by atoms with van der Waals surface area (Å²) in [5, 5.41) is 5.16. The molecule has 2 N–H and O–H groups in total. The second-order valence-electron chi connectivity index (χ2n) is 10.7. The van der Waals surface area contributed by atoms with Gasteiger partial charge in [-0.3, -0.25) is 23.1 Å². The van der Waals surface area contributed by atoms with Gasteiger partial charge in [-0.1, -0.05) is 32.0 Å². The Morgan fingerprint density at radius 3 is 2.48 bits per heavy atom. The van der Waals surface area contributed by atoms with Crippen LogP contribution in [-0.2, 0) is 28.2 Å². The summed E-state index contributed by atoms with van der Waals surface area (Å²) in [6, 6.07) is 9.96. The Balaban J connectivity index is 0.00000301. The second-order valence-corrected chi connectivity index (χ2v) is 12.4. The normalized spacial score (nSPS) is 19.0. The molecular formula is C27H41FN5O8P. The molecule has 2 heterocycles. The molecule has 0 aliphatic carbocycles. The van der Waals surface area contributed by atoms with Gasteiger partial charge in [0, 0.05) is 11.6 Å². The third-order valence-corrected chi connectivity index (χ3v) is 7.22. The van der Waals surface area contributed by atoms with Crippen LogP contribution in [0.1, 0.15) is 40.3 Å². The number of carbonyl (C=O) groups is 2. The van der Waals surface area contributed by atoms with Gasteiger partial charge in [-0.2, -0.15) is 4.98 Å². The van der Waals surface area contributed by atoms with Gasteiger partial charge in [-0.05, 0) is 52.6 Å². The Morgan fingerprint density at radius 1 is 1.21 bits per heavy atom. The number of likely N-dealkylation sites (N-methyl/N-ethyl adjacent to an activating group) is 1. The highest BCUT2D eigenvalue weighted by Crippen LogP contribution is 2.48. The van der Waals surface area contributed by atoms with E-state index < -0.39 is 37.2 Å². The molecule has 1 aromatic carbocycles. The molecule has 0 bridgehead atoms. The fraction of sp³-hybridized carbons (Fsp3) is 0.556. The zero-order chi connectivity index (χ0) is 31.5. The average molecular weight is 614 g/mol. The summed E-state index contributed by atoms with van der Waals surface area (Å²) in [5.74, 6) is -0.471. The van der Waals surface area contributed by atoms with Gasteiger partial charge in [0.05, 0.1) is 32.5 Å². The topological polar surface area (TPSA) is 150 Å². The first-order chi connectivity index (χ1) is 19.8. The van der Waals surface area contributed by atoms with Crippen LogP contribution < -0.4 is 20.6 Å². The van der Waals surface area contributed by atoms with E-state index >= 15 is 0 Å². The van der Waals surface area contributed by atoms with Gasteiger partial charge in [0.25, 0.3) is 0 Å². The van der Waals surface area contributed by atoms with Crippen molar-refractivity contribution in [2.24, 2.45) is 5.41 Å². The van der Waals surface area contributed by atoms with Crippen molar-refractivity contribution in [3.05, 3.63) is 53.1 Å². The zero-order valence-electron chi connectivity index (χ0n) is 25.0. The first-order valence-electron chi connectivity index (χ1n) is 13.3. The number of amides is 1. The van der Waals surface area contributed by atoms with Crippen LogP contribution in [0.4, 0.5) is 10.2 Å². The lowest BCUT2D eigenvalue weighted by atomic mass is 9.87. The average Bonchev–Trinajstić information content (AvgIpc) is 3.21. The summed E-state index contributed by atoms with van der Waals surface area (Å²) in [5.41, 5.74) is -1.11. The third-order valence-electron chi connectivity index (χ3n) is 5.74. The molecule has 0 radical (unpaired) electrons. The Labute approximate surface area is 245 Å². The van der Waals surface area contributed by atoms with Crippen LogP contribution in [-0.4, -0.2) is 79.5 Å². The number of alkyl halides is 1. The van der Waals surface area contributed by atoms with Crippen LogP contribution >= 0.6 is 7.75 Å². The summed E-state index contributed by atoms with van der Waals surface area (Å²) in [6.07, 6.45) is 0.393. The van der Waals surface area contributed by atoms with Crippen molar-refractivity contribution in [3.8, 4) is 5.75 Å². The van der Waals surface area contributed by atoms with Gasteiger partial charge >= 0.3 is 19.4 Å². The standard InChI is InChI=1S/C26H38N5O8P.CH3F/c1-18(2)37-23(33)15-27-40(35,39-19-10-8-7-9-11-19)36-17-20-14-26(3,4)24(38-20)31-13-12-21(29-25(31)34)28-22(32)16-30(5)6;1-2/h7-13,18,20,24H,14-17H2,1-6H3,(H,27,35)(H,28,29,32,34);1H3/t20?,24?,40-;/m0./s1. The molecule has 3 atom stereocenters. The Kier molecular flexibility index (Phi) is 13.3. The lowest BCUT2D eigenvalue weighted by Gasteiger charge is -2.26. The van der Waals surface area contributed by atoms with Crippen LogP contribution in [0.2, 0.25) is 0 Å². The lowest BCUT2D eigenvalue weighted by molar-refractivity contribution is -0.146. The van der Waals surface area contributed by atoms with E-state index in [-0.39, 0.29) is 43.3 Å². The molecule has 0 saturated carbocycles. The molecular weight excluding hydrogens is 572 g/mol. The monoisotopic (exact) mass is 613 g/mol. The van der Waals surface area contributed by atoms with Crippen LogP contribution in [0.3, 0.4) is 0 Å². The molecule has 13 nitrogen and oxygen atoms in total. The molecule has 3 rings (SSSR count). The number of hydrogen-bond acceptors (Lipinski definition) is 10. The van der Waals surface area contributed by atoms with E-state index in [2.05, 4.69) is 15.4 Å². The molecule has 1 amide bonds. The van der Waals surface area contributed by atoms with Crippen LogP contribution in [0.25, 0.3) is 0 Å². The number of nitrogens with one attached hydrogen (secondary N) is 2. The number of anilines is 1. The minimum atomic E-state index is -4.02. The molecule has 2 aromatic rings. The second kappa shape index (κ2) is 15.9. The van der Waals surface area contributed by atoms with Gasteiger partial charge in [0.2, 0.25) is 5.91 Å². The number of rotatable bonds is 13. The van der Waals surface area contributed by atoms with Crippen molar-refractivity contribution in [2.45, 2.75) is 52.6 Å². The summed E-state index contributed by atoms with van der Waals surface area (Å²) in [6.45, 7) is 6.89. The molecule has 2 unspecified atom stereocenters. The van der Waals surface area contributed by atoms with Crippen molar-refractivity contribution in [1.29, 1.82) is 0 Å². The largest absolute Gasteiger partial charge is 0.462 e.